The zero-order chi connectivity index (χ0) is 22.4. The van der Waals surface area contributed by atoms with Gasteiger partial charge in [0, 0.05) is 0 Å². The quantitative estimate of drug-likeness (QED) is 0.366. The maximum Gasteiger partial charge on any atom is 0.343 e. The highest BCUT2D eigenvalue weighted by Crippen LogP contribution is 2.35. The predicted molar refractivity (Wildman–Crippen MR) is 114 cm³/mol. The van der Waals surface area contributed by atoms with Gasteiger partial charge in [-0.1, -0.05) is 24.3 Å². The third kappa shape index (κ3) is 5.32. The molecule has 0 spiro atoms. The van der Waals surface area contributed by atoms with Crippen molar-refractivity contribution >= 4 is 40.9 Å². The molecule has 0 atom stereocenters. The minimum atomic E-state index is -0.688. The predicted octanol–water partition coefficient (Wildman–Crippen LogP) is 3.51. The second kappa shape index (κ2) is 9.94. The molecule has 9 heteroatoms. The van der Waals surface area contributed by atoms with Crippen molar-refractivity contribution in [2.45, 2.75) is 6.92 Å². The largest absolute Gasteiger partial charge is 0.490 e. The molecular weight excluding hydrogens is 422 g/mol. The topological polar surface area (TPSA) is 99.2 Å². The standard InChI is InChI=1S/C22H19NO7S/c1-3-29-17-11-14(9-10-16(17)30-21(26)15-7-5-4-6-8-15)12-18-20(25)23(22(27)31-18)13-19(24)28-2/h4-12H,3,13H2,1-2H3/b18-12-. The highest BCUT2D eigenvalue weighted by molar-refractivity contribution is 8.18. The van der Waals surface area contributed by atoms with Gasteiger partial charge in [0.2, 0.25) is 0 Å². The summed E-state index contributed by atoms with van der Waals surface area (Å²) in [7, 11) is 1.18. The van der Waals surface area contributed by atoms with Gasteiger partial charge in [0.1, 0.15) is 6.54 Å². The molecule has 2 aromatic carbocycles. The molecule has 160 valence electrons. The van der Waals surface area contributed by atoms with Gasteiger partial charge >= 0.3 is 11.9 Å². The molecule has 0 aliphatic carbocycles. The van der Waals surface area contributed by atoms with Crippen LogP contribution in [0.2, 0.25) is 0 Å². The molecule has 2 amide bonds. The highest BCUT2D eigenvalue weighted by Gasteiger charge is 2.36. The number of nitrogens with zero attached hydrogens (tertiary/aromatic N) is 1. The van der Waals surface area contributed by atoms with E-state index in [2.05, 4.69) is 4.74 Å². The van der Waals surface area contributed by atoms with Crippen LogP contribution in [0.1, 0.15) is 22.8 Å². The summed E-state index contributed by atoms with van der Waals surface area (Å²) in [5.41, 5.74) is 0.958. The number of amides is 2. The molecule has 0 unspecified atom stereocenters. The van der Waals surface area contributed by atoms with E-state index in [1.165, 1.54) is 13.2 Å². The number of carbonyl (C=O) groups is 4. The Morgan fingerprint density at radius 2 is 1.81 bits per heavy atom. The van der Waals surface area contributed by atoms with Crippen LogP contribution in [-0.4, -0.2) is 48.2 Å². The minimum Gasteiger partial charge on any atom is -0.490 e. The summed E-state index contributed by atoms with van der Waals surface area (Å²) < 4.78 is 15.5. The maximum absolute atomic E-state index is 12.5. The zero-order valence-corrected chi connectivity index (χ0v) is 17.6. The Kier molecular flexibility index (Phi) is 7.09. The third-order valence-electron chi connectivity index (χ3n) is 4.17. The van der Waals surface area contributed by atoms with Crippen molar-refractivity contribution in [3.8, 4) is 11.5 Å². The number of thioether (sulfide) groups is 1. The van der Waals surface area contributed by atoms with Gasteiger partial charge in [-0.3, -0.25) is 19.3 Å². The van der Waals surface area contributed by atoms with Gasteiger partial charge in [0.25, 0.3) is 11.1 Å². The van der Waals surface area contributed by atoms with Crippen LogP contribution in [0, 0.1) is 0 Å². The summed E-state index contributed by atoms with van der Waals surface area (Å²) in [6.45, 7) is 1.67. The van der Waals surface area contributed by atoms with E-state index < -0.39 is 29.6 Å². The van der Waals surface area contributed by atoms with Crippen LogP contribution in [0.4, 0.5) is 4.79 Å². The van der Waals surface area contributed by atoms with E-state index in [0.29, 0.717) is 23.5 Å². The lowest BCUT2D eigenvalue weighted by molar-refractivity contribution is -0.143. The van der Waals surface area contributed by atoms with E-state index in [-0.39, 0.29) is 10.7 Å². The fraction of sp³-hybridized carbons (Fsp3) is 0.182. The van der Waals surface area contributed by atoms with E-state index in [4.69, 9.17) is 9.47 Å². The van der Waals surface area contributed by atoms with Gasteiger partial charge in [-0.25, -0.2) is 4.79 Å². The van der Waals surface area contributed by atoms with Crippen LogP contribution in [0.15, 0.2) is 53.4 Å². The number of methoxy groups -OCH3 is 1. The minimum absolute atomic E-state index is 0.158. The lowest BCUT2D eigenvalue weighted by Crippen LogP contribution is -2.34. The molecule has 2 aromatic rings. The number of hydrogen-bond donors (Lipinski definition) is 0. The Hall–Kier alpha value is -3.59. The number of carbonyl (C=O) groups excluding carboxylic acids is 4. The van der Waals surface area contributed by atoms with Gasteiger partial charge in [0.15, 0.2) is 11.5 Å². The Morgan fingerprint density at radius 1 is 1.06 bits per heavy atom. The number of imide groups is 1. The van der Waals surface area contributed by atoms with E-state index >= 15 is 0 Å². The molecule has 0 bridgehead atoms. The van der Waals surface area contributed by atoms with Crippen LogP contribution < -0.4 is 9.47 Å². The van der Waals surface area contributed by atoms with Gasteiger partial charge in [-0.2, -0.15) is 0 Å². The van der Waals surface area contributed by atoms with Crippen molar-refractivity contribution in [2.24, 2.45) is 0 Å². The molecule has 0 aromatic heterocycles. The van der Waals surface area contributed by atoms with Crippen molar-refractivity contribution in [3.63, 3.8) is 0 Å². The van der Waals surface area contributed by atoms with Gasteiger partial charge in [-0.15, -0.1) is 0 Å². The summed E-state index contributed by atoms with van der Waals surface area (Å²) in [5.74, 6) is -1.26. The first-order valence-electron chi connectivity index (χ1n) is 9.29. The Labute approximate surface area is 182 Å². The first-order valence-corrected chi connectivity index (χ1v) is 10.1. The van der Waals surface area contributed by atoms with Crippen molar-refractivity contribution in [3.05, 3.63) is 64.6 Å². The van der Waals surface area contributed by atoms with Gasteiger partial charge < -0.3 is 14.2 Å². The molecule has 0 radical (unpaired) electrons. The Morgan fingerprint density at radius 3 is 2.48 bits per heavy atom. The third-order valence-corrected chi connectivity index (χ3v) is 5.07. The molecule has 1 aliphatic heterocycles. The summed E-state index contributed by atoms with van der Waals surface area (Å²) in [4.78, 5) is 49.2. The molecular formula is C22H19NO7S. The summed E-state index contributed by atoms with van der Waals surface area (Å²) in [5, 5.41) is -0.555. The average molecular weight is 441 g/mol. The summed E-state index contributed by atoms with van der Waals surface area (Å²) in [6.07, 6.45) is 1.51. The fourth-order valence-corrected chi connectivity index (χ4v) is 3.52. The van der Waals surface area contributed by atoms with E-state index in [9.17, 15) is 19.2 Å². The molecule has 1 fully saturated rings. The van der Waals surface area contributed by atoms with Gasteiger partial charge in [0.05, 0.1) is 24.2 Å². The number of benzene rings is 2. The number of rotatable bonds is 7. The molecule has 0 saturated carbocycles. The highest BCUT2D eigenvalue weighted by atomic mass is 32.2. The second-order valence-electron chi connectivity index (χ2n) is 6.24. The van der Waals surface area contributed by atoms with Crippen molar-refractivity contribution in [2.75, 3.05) is 20.3 Å². The Balaban J connectivity index is 1.82. The lowest BCUT2D eigenvalue weighted by atomic mass is 10.1. The second-order valence-corrected chi connectivity index (χ2v) is 7.23. The Bertz CT molecular complexity index is 1050. The van der Waals surface area contributed by atoms with Crippen molar-refractivity contribution < 1.29 is 33.4 Å². The number of ether oxygens (including phenoxy) is 3. The SMILES string of the molecule is CCOc1cc(/C=C2\SC(=O)N(CC(=O)OC)C2=O)ccc1OC(=O)c1ccccc1. The van der Waals surface area contributed by atoms with Crippen molar-refractivity contribution in [1.82, 2.24) is 4.90 Å². The van der Waals surface area contributed by atoms with Gasteiger partial charge in [-0.05, 0) is 54.6 Å². The molecule has 8 nitrogen and oxygen atoms in total. The molecule has 3 rings (SSSR count). The van der Waals surface area contributed by atoms with Crippen molar-refractivity contribution in [1.29, 1.82) is 0 Å². The number of esters is 2. The van der Waals surface area contributed by atoms with E-state index in [1.807, 2.05) is 0 Å². The van der Waals surface area contributed by atoms with Crippen LogP contribution in [0.3, 0.4) is 0 Å². The van der Waals surface area contributed by atoms with Crippen LogP contribution >= 0.6 is 11.8 Å². The van der Waals surface area contributed by atoms with Crippen LogP contribution in [0.25, 0.3) is 6.08 Å². The number of hydrogen-bond acceptors (Lipinski definition) is 8. The molecule has 1 heterocycles. The molecule has 31 heavy (non-hydrogen) atoms. The first kappa shape index (κ1) is 22.1. The summed E-state index contributed by atoms with van der Waals surface area (Å²) >= 11 is 0.725. The average Bonchev–Trinajstić information content (AvgIpc) is 3.03. The molecule has 1 saturated heterocycles. The monoisotopic (exact) mass is 441 g/mol. The fourth-order valence-electron chi connectivity index (χ4n) is 2.68. The lowest BCUT2D eigenvalue weighted by Gasteiger charge is -2.12. The maximum atomic E-state index is 12.5. The first-order chi connectivity index (χ1) is 14.9. The van der Waals surface area contributed by atoms with E-state index in [1.54, 1.807) is 55.5 Å². The molecule has 0 N–H and O–H groups in total. The van der Waals surface area contributed by atoms with Crippen LogP contribution in [0.5, 0.6) is 11.5 Å². The van der Waals surface area contributed by atoms with Crippen LogP contribution in [-0.2, 0) is 14.3 Å². The normalized spacial score (nSPS) is 14.6. The van der Waals surface area contributed by atoms with E-state index in [0.717, 1.165) is 16.7 Å². The zero-order valence-electron chi connectivity index (χ0n) is 16.8. The summed E-state index contributed by atoms with van der Waals surface area (Å²) in [6, 6.07) is 13.3. The molecule has 1 aliphatic rings. The smallest absolute Gasteiger partial charge is 0.343 e.